The van der Waals surface area contributed by atoms with Crippen LogP contribution in [-0.4, -0.2) is 20.8 Å². The number of carbonyl (C=O) groups excluding carboxylic acids is 1. The Kier molecular flexibility index (Phi) is 5.80. The maximum atomic E-state index is 11.7. The van der Waals surface area contributed by atoms with Gasteiger partial charge in [-0.05, 0) is 52.3 Å². The summed E-state index contributed by atoms with van der Waals surface area (Å²) in [6, 6.07) is 13.9. The molecule has 0 aliphatic rings. The Bertz CT molecular complexity index is 1030. The van der Waals surface area contributed by atoms with Gasteiger partial charge in [0.2, 0.25) is 17.5 Å². The van der Waals surface area contributed by atoms with Crippen LogP contribution in [0.2, 0.25) is 0 Å². The van der Waals surface area contributed by atoms with Gasteiger partial charge in [-0.25, -0.2) is 9.97 Å². The molecule has 0 aliphatic carbocycles. The molecule has 1 aromatic heterocycles. The fourth-order valence-corrected chi connectivity index (χ4v) is 2.79. The Labute approximate surface area is 168 Å². The fourth-order valence-electron chi connectivity index (χ4n) is 2.40. The number of carbonyl (C=O) groups is 1. The molecular weight excluding hydrogens is 428 g/mol. The number of hydrogen-bond acceptors (Lipinski definition) is 7. The minimum atomic E-state index is -0.548. The molecule has 0 fully saturated rings. The number of nitrogens with one attached hydrogen (secondary N) is 3. The van der Waals surface area contributed by atoms with Crippen molar-refractivity contribution >= 4 is 56.2 Å². The van der Waals surface area contributed by atoms with Crippen LogP contribution in [0.5, 0.6) is 0 Å². The first kappa shape index (κ1) is 19.2. The quantitative estimate of drug-likeness (QED) is 0.376. The van der Waals surface area contributed by atoms with Gasteiger partial charge in [-0.15, -0.1) is 0 Å². The van der Waals surface area contributed by atoms with Gasteiger partial charge in [0.25, 0.3) is 0 Å². The van der Waals surface area contributed by atoms with E-state index < -0.39 is 4.92 Å². The summed E-state index contributed by atoms with van der Waals surface area (Å²) >= 11 is 3.39. The van der Waals surface area contributed by atoms with E-state index in [1.54, 1.807) is 36.4 Å². The lowest BCUT2D eigenvalue weighted by molar-refractivity contribution is -0.383. The number of amides is 1. The molecule has 0 spiro atoms. The van der Waals surface area contributed by atoms with Crippen LogP contribution in [0, 0.1) is 10.1 Å². The first-order chi connectivity index (χ1) is 13.4. The van der Waals surface area contributed by atoms with Gasteiger partial charge < -0.3 is 16.0 Å². The fraction of sp³-hybridized carbons (Fsp3) is 0.0556. The van der Waals surface area contributed by atoms with Gasteiger partial charge in [-0.3, -0.25) is 14.9 Å². The Hall–Kier alpha value is -3.53. The highest BCUT2D eigenvalue weighted by Gasteiger charge is 2.23. The molecule has 1 heterocycles. The Balaban J connectivity index is 1.90. The van der Waals surface area contributed by atoms with Gasteiger partial charge in [-0.2, -0.15) is 0 Å². The van der Waals surface area contributed by atoms with Gasteiger partial charge in [0.15, 0.2) is 0 Å². The number of rotatable bonds is 6. The number of halogens is 1. The van der Waals surface area contributed by atoms with Crippen molar-refractivity contribution in [2.75, 3.05) is 16.0 Å². The van der Waals surface area contributed by atoms with E-state index in [-0.39, 0.29) is 23.2 Å². The minimum absolute atomic E-state index is 0.0434. The van der Waals surface area contributed by atoms with Crippen molar-refractivity contribution in [3.8, 4) is 0 Å². The van der Waals surface area contributed by atoms with E-state index in [1.807, 2.05) is 12.1 Å². The summed E-state index contributed by atoms with van der Waals surface area (Å²) in [5.74, 6) is -0.0824. The minimum Gasteiger partial charge on any atom is -0.334 e. The van der Waals surface area contributed by atoms with Crippen molar-refractivity contribution in [2.45, 2.75) is 6.92 Å². The van der Waals surface area contributed by atoms with E-state index in [0.29, 0.717) is 17.1 Å². The van der Waals surface area contributed by atoms with Crippen molar-refractivity contribution in [2.24, 2.45) is 0 Å². The van der Waals surface area contributed by atoms with E-state index in [9.17, 15) is 14.9 Å². The highest BCUT2D eigenvalue weighted by molar-refractivity contribution is 9.10. The maximum Gasteiger partial charge on any atom is 0.353 e. The van der Waals surface area contributed by atoms with Crippen LogP contribution in [0.15, 0.2) is 59.3 Å². The molecule has 0 aliphatic heterocycles. The molecule has 0 bridgehead atoms. The van der Waals surface area contributed by atoms with Gasteiger partial charge in [-0.1, -0.05) is 12.1 Å². The summed E-state index contributed by atoms with van der Waals surface area (Å²) in [7, 11) is 0. The molecule has 3 aromatic rings. The van der Waals surface area contributed by atoms with Crippen LogP contribution in [0.3, 0.4) is 0 Å². The van der Waals surface area contributed by atoms with E-state index in [1.165, 1.54) is 13.3 Å². The zero-order valence-corrected chi connectivity index (χ0v) is 16.2. The van der Waals surface area contributed by atoms with E-state index in [4.69, 9.17) is 0 Å². The van der Waals surface area contributed by atoms with Crippen LogP contribution < -0.4 is 16.0 Å². The van der Waals surface area contributed by atoms with Gasteiger partial charge >= 0.3 is 5.69 Å². The first-order valence-electron chi connectivity index (χ1n) is 8.09. The number of anilines is 5. The second-order valence-corrected chi connectivity index (χ2v) is 6.52. The monoisotopic (exact) mass is 442 g/mol. The molecule has 9 nitrogen and oxygen atoms in total. The SMILES string of the molecule is CC(=O)Nc1ccc(Nc2ncnc(Nc3ccccc3Br)c2[N+](=O)[O-])cc1. The van der Waals surface area contributed by atoms with E-state index in [2.05, 4.69) is 41.8 Å². The number of hydrogen-bond donors (Lipinski definition) is 3. The standard InChI is InChI=1S/C18H15BrN6O3/c1-11(26)22-12-6-8-13(9-7-12)23-17-16(25(27)28)18(21-10-20-17)24-15-5-3-2-4-14(15)19/h2-10H,1H3,(H,22,26)(H2,20,21,23,24). The van der Waals surface area contributed by atoms with Crippen LogP contribution in [0.4, 0.5) is 34.4 Å². The lowest BCUT2D eigenvalue weighted by atomic mass is 10.2. The highest BCUT2D eigenvalue weighted by atomic mass is 79.9. The van der Waals surface area contributed by atoms with Crippen LogP contribution in [0.25, 0.3) is 0 Å². The molecule has 142 valence electrons. The molecule has 0 atom stereocenters. The molecule has 0 radical (unpaired) electrons. The molecule has 0 saturated carbocycles. The molecule has 10 heteroatoms. The molecule has 1 amide bonds. The van der Waals surface area contributed by atoms with Crippen molar-refractivity contribution in [3.05, 3.63) is 69.4 Å². The van der Waals surface area contributed by atoms with Crippen molar-refractivity contribution in [3.63, 3.8) is 0 Å². The lowest BCUT2D eigenvalue weighted by Crippen LogP contribution is -2.06. The third-order valence-corrected chi connectivity index (χ3v) is 4.29. The summed E-state index contributed by atoms with van der Waals surface area (Å²) in [6.07, 6.45) is 1.24. The first-order valence-corrected chi connectivity index (χ1v) is 8.89. The average Bonchev–Trinajstić information content (AvgIpc) is 2.65. The molecule has 0 saturated heterocycles. The third kappa shape index (κ3) is 4.60. The normalized spacial score (nSPS) is 10.2. The predicted octanol–water partition coefficient (Wildman–Crippen LogP) is 4.59. The number of nitrogens with zero attached hydrogens (tertiary/aromatic N) is 3. The number of aromatic nitrogens is 2. The maximum absolute atomic E-state index is 11.7. The zero-order valence-electron chi connectivity index (χ0n) is 14.6. The van der Waals surface area contributed by atoms with E-state index >= 15 is 0 Å². The van der Waals surface area contributed by atoms with E-state index in [0.717, 1.165) is 4.47 Å². The number of para-hydroxylation sites is 1. The molecule has 0 unspecified atom stereocenters. The Morgan fingerprint density at radius 2 is 1.61 bits per heavy atom. The third-order valence-electron chi connectivity index (χ3n) is 3.60. The second-order valence-electron chi connectivity index (χ2n) is 5.66. The number of nitro groups is 1. The van der Waals surface area contributed by atoms with Crippen molar-refractivity contribution in [1.29, 1.82) is 0 Å². The molecular formula is C18H15BrN6O3. The Morgan fingerprint density at radius 3 is 2.21 bits per heavy atom. The number of benzene rings is 2. The summed E-state index contributed by atoms with van der Waals surface area (Å²) < 4.78 is 0.742. The smallest absolute Gasteiger partial charge is 0.334 e. The Morgan fingerprint density at radius 1 is 1.00 bits per heavy atom. The van der Waals surface area contributed by atoms with Gasteiger partial charge in [0, 0.05) is 22.8 Å². The largest absolute Gasteiger partial charge is 0.353 e. The molecule has 3 N–H and O–H groups in total. The van der Waals surface area contributed by atoms with Crippen molar-refractivity contribution in [1.82, 2.24) is 9.97 Å². The van der Waals surface area contributed by atoms with Crippen molar-refractivity contribution < 1.29 is 9.72 Å². The zero-order chi connectivity index (χ0) is 20.1. The summed E-state index contributed by atoms with van der Waals surface area (Å²) in [6.45, 7) is 1.41. The van der Waals surface area contributed by atoms with Crippen LogP contribution in [0.1, 0.15) is 6.92 Å². The summed E-state index contributed by atoms with van der Waals surface area (Å²) in [5.41, 5.74) is 1.54. The predicted molar refractivity (Wildman–Crippen MR) is 110 cm³/mol. The topological polar surface area (TPSA) is 122 Å². The molecule has 3 rings (SSSR count). The summed E-state index contributed by atoms with van der Waals surface area (Å²) in [5, 5.41) is 20.2. The molecule has 2 aromatic carbocycles. The second kappa shape index (κ2) is 8.44. The average molecular weight is 443 g/mol. The van der Waals surface area contributed by atoms with Crippen LogP contribution >= 0.6 is 15.9 Å². The van der Waals surface area contributed by atoms with Gasteiger partial charge in [0.1, 0.15) is 6.33 Å². The summed E-state index contributed by atoms with van der Waals surface area (Å²) in [4.78, 5) is 30.2. The van der Waals surface area contributed by atoms with Crippen LogP contribution in [-0.2, 0) is 4.79 Å². The highest BCUT2D eigenvalue weighted by Crippen LogP contribution is 2.34. The molecule has 28 heavy (non-hydrogen) atoms. The lowest BCUT2D eigenvalue weighted by Gasteiger charge is -2.11. The van der Waals surface area contributed by atoms with Gasteiger partial charge in [0.05, 0.1) is 10.6 Å².